The average Bonchev–Trinajstić information content (AvgIpc) is 2.87. The van der Waals surface area contributed by atoms with E-state index in [4.69, 9.17) is 14.5 Å². The summed E-state index contributed by atoms with van der Waals surface area (Å²) in [5, 5.41) is 9.66. The van der Waals surface area contributed by atoms with E-state index in [1.165, 1.54) is 5.69 Å². The van der Waals surface area contributed by atoms with Gasteiger partial charge in [0.05, 0.1) is 37.6 Å². The van der Waals surface area contributed by atoms with E-state index in [0.29, 0.717) is 30.8 Å². The predicted octanol–water partition coefficient (Wildman–Crippen LogP) is 3.05. The minimum Gasteiger partial charge on any atom is -0.485 e. The number of hydrogen-bond acceptors (Lipinski definition) is 7. The molecule has 0 saturated carbocycles. The van der Waals surface area contributed by atoms with Gasteiger partial charge in [-0.25, -0.2) is 9.97 Å². The topological polar surface area (TPSA) is 91.6 Å². The van der Waals surface area contributed by atoms with E-state index >= 15 is 0 Å². The highest BCUT2D eigenvalue weighted by Crippen LogP contribution is 2.28. The average molecular weight is 470 g/mol. The van der Waals surface area contributed by atoms with Crippen LogP contribution in [0.3, 0.4) is 0 Å². The van der Waals surface area contributed by atoms with Crippen molar-refractivity contribution >= 4 is 11.6 Å². The maximum atomic E-state index is 11.4. The molecule has 5 rings (SSSR count). The second kappa shape index (κ2) is 10.1. The largest absolute Gasteiger partial charge is 0.485 e. The lowest BCUT2D eigenvalue weighted by molar-refractivity contribution is -0.137. The third-order valence-corrected chi connectivity index (χ3v) is 6.36. The molecule has 3 heterocycles. The fraction of sp³-hybridized carbons (Fsp3) is 0.333. The smallest absolute Gasteiger partial charge is 0.219 e. The van der Waals surface area contributed by atoms with Gasteiger partial charge in [-0.3, -0.25) is 4.79 Å². The molecule has 8 nitrogen and oxygen atoms in total. The Morgan fingerprint density at radius 1 is 1.14 bits per heavy atom. The Morgan fingerprint density at radius 3 is 2.63 bits per heavy atom. The number of morpholine rings is 1. The van der Waals surface area contributed by atoms with Gasteiger partial charge in [0.1, 0.15) is 23.7 Å². The summed E-state index contributed by atoms with van der Waals surface area (Å²) in [5.41, 5.74) is 4.38. The van der Waals surface area contributed by atoms with Gasteiger partial charge in [0.25, 0.3) is 0 Å². The molecule has 0 unspecified atom stereocenters. The van der Waals surface area contributed by atoms with Crippen LogP contribution in [-0.4, -0.2) is 66.3 Å². The number of amides is 1. The van der Waals surface area contributed by atoms with Crippen molar-refractivity contribution in [3.05, 3.63) is 71.7 Å². The third kappa shape index (κ3) is 5.26. The van der Waals surface area contributed by atoms with E-state index in [0.717, 1.165) is 48.9 Å². The molecule has 2 aromatic carbocycles. The maximum Gasteiger partial charge on any atom is 0.219 e. The first-order valence-corrected chi connectivity index (χ1v) is 11.8. The van der Waals surface area contributed by atoms with E-state index in [1.54, 1.807) is 30.2 Å². The summed E-state index contributed by atoms with van der Waals surface area (Å²) in [4.78, 5) is 24.6. The number of nitrogens with zero attached hydrogens (tertiary/aromatic N) is 5. The van der Waals surface area contributed by atoms with Crippen molar-refractivity contribution in [3.8, 4) is 23.1 Å². The molecule has 0 bridgehead atoms. The molecule has 1 amide bonds. The van der Waals surface area contributed by atoms with Crippen molar-refractivity contribution in [2.24, 2.45) is 0 Å². The quantitative estimate of drug-likeness (QED) is 0.548. The molecular weight excluding hydrogens is 442 g/mol. The number of carbonyl (C=O) groups is 1. The van der Waals surface area contributed by atoms with Gasteiger partial charge in [-0.1, -0.05) is 12.1 Å². The van der Waals surface area contributed by atoms with E-state index in [-0.39, 0.29) is 12.0 Å². The van der Waals surface area contributed by atoms with Gasteiger partial charge in [0.2, 0.25) is 5.91 Å². The van der Waals surface area contributed by atoms with Crippen molar-refractivity contribution in [3.63, 3.8) is 0 Å². The Kier molecular flexibility index (Phi) is 6.59. The van der Waals surface area contributed by atoms with E-state index in [2.05, 4.69) is 40.2 Å². The normalized spacial score (nSPS) is 15.9. The highest BCUT2D eigenvalue weighted by atomic mass is 16.5. The Balaban J connectivity index is 1.27. The molecule has 2 fully saturated rings. The summed E-state index contributed by atoms with van der Waals surface area (Å²) >= 11 is 0. The molecule has 0 radical (unpaired) electrons. The van der Waals surface area contributed by atoms with Crippen LogP contribution < -0.4 is 9.64 Å². The fourth-order valence-electron chi connectivity index (χ4n) is 4.30. The Morgan fingerprint density at radius 2 is 1.91 bits per heavy atom. The van der Waals surface area contributed by atoms with Crippen LogP contribution in [0, 0.1) is 11.3 Å². The van der Waals surface area contributed by atoms with Crippen LogP contribution in [0.1, 0.15) is 23.9 Å². The van der Waals surface area contributed by atoms with Crippen LogP contribution in [0.2, 0.25) is 0 Å². The Labute approximate surface area is 204 Å². The van der Waals surface area contributed by atoms with Crippen LogP contribution in [0.25, 0.3) is 11.3 Å². The molecule has 0 aliphatic carbocycles. The van der Waals surface area contributed by atoms with Gasteiger partial charge in [0, 0.05) is 43.9 Å². The molecular formula is C27H27N5O3. The number of carbonyl (C=O) groups excluding carboxylic acids is 1. The maximum absolute atomic E-state index is 11.4. The van der Waals surface area contributed by atoms with Crippen molar-refractivity contribution in [1.29, 1.82) is 5.26 Å². The molecule has 1 aromatic heterocycles. The van der Waals surface area contributed by atoms with Gasteiger partial charge < -0.3 is 19.3 Å². The van der Waals surface area contributed by atoms with Crippen LogP contribution >= 0.6 is 0 Å². The summed E-state index contributed by atoms with van der Waals surface area (Å²) in [7, 11) is 0. The zero-order valence-corrected chi connectivity index (χ0v) is 19.7. The van der Waals surface area contributed by atoms with E-state index < -0.39 is 0 Å². The minimum atomic E-state index is -0.0860. The number of hydrogen-bond donors (Lipinski definition) is 0. The second-order valence-electron chi connectivity index (χ2n) is 8.79. The van der Waals surface area contributed by atoms with Crippen LogP contribution in [0.4, 0.5) is 5.69 Å². The van der Waals surface area contributed by atoms with Crippen LogP contribution in [0.15, 0.2) is 54.7 Å². The number of benzene rings is 2. The predicted molar refractivity (Wildman–Crippen MR) is 131 cm³/mol. The number of aromatic nitrogens is 2. The highest BCUT2D eigenvalue weighted by molar-refractivity contribution is 5.74. The summed E-state index contributed by atoms with van der Waals surface area (Å²) in [5.74, 6) is 1.28. The van der Waals surface area contributed by atoms with Crippen LogP contribution in [-0.2, 0) is 16.0 Å². The number of likely N-dealkylation sites (tertiary alicyclic amines) is 1. The standard InChI is InChI=1S/C27H27N5O3/c1-19(33)32-17-24(18-32)35-26-7-4-21(15-22(26)16-28)25-8-9-29-27(30-25)14-20-2-5-23(6-3-20)31-10-12-34-13-11-31/h2-9,15,24H,10-14,17-18H2,1H3. The lowest BCUT2D eigenvalue weighted by Crippen LogP contribution is -2.55. The molecule has 35 heavy (non-hydrogen) atoms. The SMILES string of the molecule is CC(=O)N1CC(Oc2ccc(-c3ccnc(Cc4ccc(N5CCOCC5)cc4)n3)cc2C#N)C1. The Bertz CT molecular complexity index is 1240. The van der Waals surface area contributed by atoms with Gasteiger partial charge in [-0.2, -0.15) is 5.26 Å². The van der Waals surface area contributed by atoms with Gasteiger partial charge in [0.15, 0.2) is 0 Å². The summed E-state index contributed by atoms with van der Waals surface area (Å²) < 4.78 is 11.4. The summed E-state index contributed by atoms with van der Waals surface area (Å²) in [6.07, 6.45) is 2.29. The van der Waals surface area contributed by atoms with E-state index in [9.17, 15) is 10.1 Å². The molecule has 2 aliphatic heterocycles. The minimum absolute atomic E-state index is 0.0355. The molecule has 0 atom stereocenters. The Hall–Kier alpha value is -3.96. The number of ether oxygens (including phenoxy) is 2. The molecule has 2 aliphatic rings. The lowest BCUT2D eigenvalue weighted by Gasteiger charge is -2.38. The second-order valence-corrected chi connectivity index (χ2v) is 8.79. The van der Waals surface area contributed by atoms with Gasteiger partial charge >= 0.3 is 0 Å². The summed E-state index contributed by atoms with van der Waals surface area (Å²) in [6.45, 7) is 5.99. The highest BCUT2D eigenvalue weighted by Gasteiger charge is 2.30. The number of anilines is 1. The first-order valence-electron chi connectivity index (χ1n) is 11.8. The van der Waals surface area contributed by atoms with Crippen molar-refractivity contribution < 1.29 is 14.3 Å². The fourth-order valence-corrected chi connectivity index (χ4v) is 4.30. The van der Waals surface area contributed by atoms with Crippen molar-refractivity contribution in [2.45, 2.75) is 19.4 Å². The van der Waals surface area contributed by atoms with Gasteiger partial charge in [-0.15, -0.1) is 0 Å². The number of rotatable bonds is 6. The van der Waals surface area contributed by atoms with Gasteiger partial charge in [-0.05, 0) is 42.0 Å². The number of nitriles is 1. The molecule has 178 valence electrons. The van der Waals surface area contributed by atoms with E-state index in [1.807, 2.05) is 12.1 Å². The summed E-state index contributed by atoms with van der Waals surface area (Å²) in [6, 6.07) is 18.1. The first kappa shape index (κ1) is 22.8. The zero-order chi connectivity index (χ0) is 24.2. The molecule has 2 saturated heterocycles. The zero-order valence-electron chi connectivity index (χ0n) is 19.7. The molecule has 0 spiro atoms. The molecule has 3 aromatic rings. The third-order valence-electron chi connectivity index (χ3n) is 6.36. The van der Waals surface area contributed by atoms with Crippen molar-refractivity contribution in [2.75, 3.05) is 44.3 Å². The van der Waals surface area contributed by atoms with Crippen molar-refractivity contribution in [1.82, 2.24) is 14.9 Å². The molecule has 0 N–H and O–H groups in total. The van der Waals surface area contributed by atoms with Crippen LogP contribution in [0.5, 0.6) is 5.75 Å². The molecule has 8 heteroatoms. The monoisotopic (exact) mass is 469 g/mol. The first-order chi connectivity index (χ1) is 17.1. The lowest BCUT2D eigenvalue weighted by atomic mass is 10.1.